The number of amidine groups is 1. The molecule has 2 rings (SSSR count). The molecule has 0 bridgehead atoms. The number of nitrogens with zero attached hydrogens (tertiary/aromatic N) is 2. The normalized spacial score (nSPS) is 25.9. The minimum Gasteiger partial charge on any atom is -0.379 e. The lowest BCUT2D eigenvalue weighted by molar-refractivity contribution is -0.108. The van der Waals surface area contributed by atoms with Crippen LogP contribution in [-0.4, -0.2) is 46.4 Å². The zero-order valence-corrected chi connectivity index (χ0v) is 10.5. The van der Waals surface area contributed by atoms with Crippen molar-refractivity contribution in [1.82, 2.24) is 0 Å². The Balaban J connectivity index is 0.000000284. The molecule has 0 saturated carbocycles. The molecule has 17 heavy (non-hydrogen) atoms. The van der Waals surface area contributed by atoms with Crippen molar-refractivity contribution >= 4 is 46.3 Å². The van der Waals surface area contributed by atoms with E-state index in [9.17, 15) is 9.59 Å². The number of aliphatic imine (C=N–C) groups is 2. The first-order chi connectivity index (χ1) is 7.65. The zero-order valence-electron chi connectivity index (χ0n) is 8.83. The number of rotatable bonds is 2. The van der Waals surface area contributed by atoms with Gasteiger partial charge < -0.3 is 15.3 Å². The van der Waals surface area contributed by atoms with E-state index in [1.807, 2.05) is 6.92 Å². The summed E-state index contributed by atoms with van der Waals surface area (Å²) in [4.78, 5) is 27.9. The van der Waals surface area contributed by atoms with Crippen LogP contribution in [0.4, 0.5) is 0 Å². The molecule has 96 valence electrons. The van der Waals surface area contributed by atoms with E-state index in [4.69, 9.17) is 5.73 Å². The maximum Gasteiger partial charge on any atom is 0.154 e. The van der Waals surface area contributed by atoms with Crippen LogP contribution in [0, 0.1) is 0 Å². The van der Waals surface area contributed by atoms with Crippen LogP contribution in [-0.2, 0) is 9.59 Å². The number of hydrogen-bond acceptors (Lipinski definition) is 7. The van der Waals surface area contributed by atoms with Crippen LogP contribution in [0.5, 0.6) is 0 Å². The fourth-order valence-electron chi connectivity index (χ4n) is 1.06. The van der Waals surface area contributed by atoms with Crippen LogP contribution in [0.2, 0.25) is 0 Å². The minimum absolute atomic E-state index is 0. The van der Waals surface area contributed by atoms with Crippen LogP contribution in [0.3, 0.4) is 0 Å². The lowest BCUT2D eigenvalue weighted by Crippen LogP contribution is -2.06. The molecular formula is C10H17N3O2S2. The zero-order chi connectivity index (χ0) is 12.0. The largest absolute Gasteiger partial charge is 0.379 e. The van der Waals surface area contributed by atoms with Crippen molar-refractivity contribution < 1.29 is 9.59 Å². The van der Waals surface area contributed by atoms with Gasteiger partial charge in [0.05, 0.1) is 28.6 Å². The highest BCUT2D eigenvalue weighted by Gasteiger charge is 2.15. The summed E-state index contributed by atoms with van der Waals surface area (Å²) in [7, 11) is 0. The number of aldehydes is 2. The molecule has 2 N–H and O–H groups in total. The fourth-order valence-corrected chi connectivity index (χ4v) is 2.52. The molecule has 2 atom stereocenters. The minimum atomic E-state index is -0.0185. The van der Waals surface area contributed by atoms with Crippen LogP contribution in [0.15, 0.2) is 9.98 Å². The molecule has 0 radical (unpaired) electrons. The molecule has 0 saturated heterocycles. The first kappa shape index (κ1) is 16.2. The van der Waals surface area contributed by atoms with Gasteiger partial charge in [0.15, 0.2) is 5.17 Å². The third-order valence-electron chi connectivity index (χ3n) is 1.82. The summed E-state index contributed by atoms with van der Waals surface area (Å²) in [6, 6.07) is 0. The highest BCUT2D eigenvalue weighted by atomic mass is 32.2. The highest BCUT2D eigenvalue weighted by Crippen LogP contribution is 2.17. The maximum absolute atomic E-state index is 10.1. The van der Waals surface area contributed by atoms with Gasteiger partial charge in [-0.05, 0) is 6.92 Å². The van der Waals surface area contributed by atoms with E-state index in [0.717, 1.165) is 17.6 Å². The Morgan fingerprint density at radius 3 is 1.94 bits per heavy atom. The molecular weight excluding hydrogens is 258 g/mol. The number of carbonyl (C=O) groups excluding carboxylic acids is 2. The van der Waals surface area contributed by atoms with Gasteiger partial charge in [0.2, 0.25) is 0 Å². The van der Waals surface area contributed by atoms with Crippen LogP contribution in [0.25, 0.3) is 0 Å². The number of hydrogen-bond donors (Lipinski definition) is 1. The molecule has 0 aliphatic carbocycles. The van der Waals surface area contributed by atoms with Crippen molar-refractivity contribution in [2.45, 2.75) is 24.9 Å². The summed E-state index contributed by atoms with van der Waals surface area (Å²) in [5.74, 6) is 0. The molecule has 0 spiro atoms. The summed E-state index contributed by atoms with van der Waals surface area (Å²) in [5.41, 5.74) is 5.25. The van der Waals surface area contributed by atoms with Gasteiger partial charge in [-0.3, -0.25) is 9.98 Å². The Bertz CT molecular complexity index is 300. The second-order valence-electron chi connectivity index (χ2n) is 3.12. The molecule has 2 aliphatic heterocycles. The third-order valence-corrected chi connectivity index (χ3v) is 3.79. The summed E-state index contributed by atoms with van der Waals surface area (Å²) < 4.78 is 0. The molecule has 2 aliphatic rings. The smallest absolute Gasteiger partial charge is 0.154 e. The predicted molar refractivity (Wildman–Crippen MR) is 76.1 cm³/mol. The van der Waals surface area contributed by atoms with E-state index in [-0.39, 0.29) is 17.9 Å². The predicted octanol–water partition coefficient (Wildman–Crippen LogP) is 0.971. The van der Waals surface area contributed by atoms with E-state index in [1.54, 1.807) is 11.8 Å². The molecule has 0 fully saturated rings. The Hall–Kier alpha value is -0.820. The van der Waals surface area contributed by atoms with Crippen molar-refractivity contribution in [2.75, 3.05) is 13.1 Å². The van der Waals surface area contributed by atoms with Crippen molar-refractivity contribution in [3.8, 4) is 0 Å². The van der Waals surface area contributed by atoms with E-state index < -0.39 is 0 Å². The molecule has 2 unspecified atom stereocenters. The van der Waals surface area contributed by atoms with Crippen molar-refractivity contribution in [2.24, 2.45) is 15.7 Å². The van der Waals surface area contributed by atoms with E-state index >= 15 is 0 Å². The van der Waals surface area contributed by atoms with Crippen LogP contribution < -0.4 is 5.73 Å². The lowest BCUT2D eigenvalue weighted by atomic mass is 10.5. The van der Waals surface area contributed by atoms with Gasteiger partial charge in [-0.15, -0.1) is 0 Å². The van der Waals surface area contributed by atoms with E-state index in [0.29, 0.717) is 18.3 Å². The molecule has 0 aromatic carbocycles. The Labute approximate surface area is 110 Å². The topological polar surface area (TPSA) is 84.9 Å². The first-order valence-electron chi connectivity index (χ1n) is 4.70. The second-order valence-corrected chi connectivity index (χ2v) is 5.81. The SMILES string of the molecule is C.CC1=NCC(C=O)S1.NC1=NCC(C=O)S1. The monoisotopic (exact) mass is 275 g/mol. The van der Waals surface area contributed by atoms with Crippen molar-refractivity contribution in [3.63, 3.8) is 0 Å². The third kappa shape index (κ3) is 5.88. The quantitative estimate of drug-likeness (QED) is 0.759. The Kier molecular flexibility index (Phi) is 7.90. The van der Waals surface area contributed by atoms with Gasteiger partial charge in [0.25, 0.3) is 0 Å². The Morgan fingerprint density at radius 1 is 1.18 bits per heavy atom. The van der Waals surface area contributed by atoms with Gasteiger partial charge in [0, 0.05) is 0 Å². The van der Waals surface area contributed by atoms with E-state index in [2.05, 4.69) is 9.98 Å². The molecule has 0 aromatic rings. The van der Waals surface area contributed by atoms with E-state index in [1.165, 1.54) is 11.8 Å². The Morgan fingerprint density at radius 2 is 1.71 bits per heavy atom. The number of carbonyl (C=O) groups is 2. The summed E-state index contributed by atoms with van der Waals surface area (Å²) in [6.07, 6.45) is 1.82. The van der Waals surface area contributed by atoms with Crippen molar-refractivity contribution in [1.29, 1.82) is 0 Å². The highest BCUT2D eigenvalue weighted by molar-refractivity contribution is 8.15. The first-order valence-corrected chi connectivity index (χ1v) is 6.46. The van der Waals surface area contributed by atoms with Gasteiger partial charge in [-0.2, -0.15) is 0 Å². The molecule has 0 amide bonds. The molecule has 0 aromatic heterocycles. The van der Waals surface area contributed by atoms with Gasteiger partial charge in [-0.1, -0.05) is 31.0 Å². The molecule has 7 heteroatoms. The molecule has 2 heterocycles. The standard InChI is InChI=1S/C5H7NOS.C4H6N2OS.CH4/c1-4-6-2-5(3-7)8-4;5-4-6-1-3(2-7)8-4;/h3,5H,2H2,1H3;2-3H,1H2,(H2,5,6);1H4. The van der Waals surface area contributed by atoms with Gasteiger partial charge >= 0.3 is 0 Å². The number of nitrogens with two attached hydrogens (primary N) is 1. The summed E-state index contributed by atoms with van der Waals surface area (Å²) in [6.45, 7) is 3.16. The number of thioether (sulfide) groups is 2. The second kappa shape index (κ2) is 8.30. The lowest BCUT2D eigenvalue weighted by Gasteiger charge is -1.91. The van der Waals surface area contributed by atoms with Crippen LogP contribution in [0.1, 0.15) is 14.4 Å². The summed E-state index contributed by atoms with van der Waals surface area (Å²) in [5, 5.41) is 1.65. The maximum atomic E-state index is 10.1. The average molecular weight is 275 g/mol. The van der Waals surface area contributed by atoms with Crippen molar-refractivity contribution in [3.05, 3.63) is 0 Å². The van der Waals surface area contributed by atoms with Crippen LogP contribution >= 0.6 is 23.5 Å². The fraction of sp³-hybridized carbons (Fsp3) is 0.600. The molecule has 5 nitrogen and oxygen atoms in total. The summed E-state index contributed by atoms with van der Waals surface area (Å²) >= 11 is 2.87. The van der Waals surface area contributed by atoms with Gasteiger partial charge in [0.1, 0.15) is 12.6 Å². The average Bonchev–Trinajstić information content (AvgIpc) is 2.88. The van der Waals surface area contributed by atoms with Gasteiger partial charge in [-0.25, -0.2) is 0 Å².